The van der Waals surface area contributed by atoms with E-state index >= 15 is 0 Å². The van der Waals surface area contributed by atoms with E-state index in [9.17, 15) is 28.6 Å². The number of carbonyl (C=O) groups is 2. The van der Waals surface area contributed by atoms with Crippen molar-refractivity contribution in [1.82, 2.24) is 9.80 Å². The lowest BCUT2D eigenvalue weighted by atomic mass is 9.88. The SMILES string of the molecule is CCC(=C(c1ccc(O)cc1)c1ccc(OCCN(CC=CC(=O)N(C)C)C(=O)O)cc1)c1cc(F)cc(F)c1. The Labute approximate surface area is 232 Å². The predicted octanol–water partition coefficient (Wildman–Crippen LogP) is 6.04. The Morgan fingerprint density at radius 1 is 0.900 bits per heavy atom. The van der Waals surface area contributed by atoms with Gasteiger partial charge in [-0.2, -0.15) is 0 Å². The molecular weight excluding hydrogens is 518 g/mol. The molecule has 0 heterocycles. The Hall–Kier alpha value is -4.66. The number of ether oxygens (including phenoxy) is 1. The number of hydrogen-bond donors (Lipinski definition) is 2. The topological polar surface area (TPSA) is 90.3 Å². The fourth-order valence-electron chi connectivity index (χ4n) is 4.08. The summed E-state index contributed by atoms with van der Waals surface area (Å²) in [5.74, 6) is -0.990. The lowest BCUT2D eigenvalue weighted by molar-refractivity contribution is -0.123. The molecule has 0 aliphatic rings. The molecule has 3 aromatic carbocycles. The van der Waals surface area contributed by atoms with E-state index in [0.29, 0.717) is 17.7 Å². The lowest BCUT2D eigenvalue weighted by Gasteiger charge is -2.19. The largest absolute Gasteiger partial charge is 0.508 e. The number of phenols is 1. The summed E-state index contributed by atoms with van der Waals surface area (Å²) < 4.78 is 33.9. The first-order valence-corrected chi connectivity index (χ1v) is 12.7. The Kier molecular flexibility index (Phi) is 10.4. The Morgan fingerprint density at radius 2 is 1.48 bits per heavy atom. The number of carboxylic acid groups (broad SMARTS) is 1. The van der Waals surface area contributed by atoms with Gasteiger partial charge in [-0.3, -0.25) is 4.79 Å². The summed E-state index contributed by atoms with van der Waals surface area (Å²) in [5.41, 5.74) is 3.40. The van der Waals surface area contributed by atoms with Gasteiger partial charge in [0.1, 0.15) is 29.7 Å². The number of likely N-dealkylation sites (N-methyl/N-ethyl adjacent to an activating group) is 1. The Balaban J connectivity index is 1.82. The number of rotatable bonds is 11. The van der Waals surface area contributed by atoms with Crippen molar-refractivity contribution in [2.24, 2.45) is 0 Å². The molecule has 0 unspecified atom stereocenters. The first kappa shape index (κ1) is 29.9. The van der Waals surface area contributed by atoms with Crippen LogP contribution in [0.25, 0.3) is 11.1 Å². The number of allylic oxidation sites excluding steroid dienone is 1. The van der Waals surface area contributed by atoms with Gasteiger partial charge in [0.25, 0.3) is 0 Å². The molecule has 0 saturated heterocycles. The zero-order valence-electron chi connectivity index (χ0n) is 22.6. The third kappa shape index (κ3) is 8.17. The van der Waals surface area contributed by atoms with Crippen LogP contribution in [0.3, 0.4) is 0 Å². The molecule has 0 saturated carbocycles. The minimum absolute atomic E-state index is 0.0401. The molecule has 0 atom stereocenters. The number of benzene rings is 3. The van der Waals surface area contributed by atoms with E-state index in [1.165, 1.54) is 29.2 Å². The molecule has 9 heteroatoms. The maximum atomic E-state index is 14.1. The van der Waals surface area contributed by atoms with Gasteiger partial charge in [-0.05, 0) is 70.7 Å². The summed E-state index contributed by atoms with van der Waals surface area (Å²) in [4.78, 5) is 25.7. The second-order valence-electron chi connectivity index (χ2n) is 9.15. The maximum Gasteiger partial charge on any atom is 0.407 e. The molecule has 2 N–H and O–H groups in total. The summed E-state index contributed by atoms with van der Waals surface area (Å²) in [5, 5.41) is 19.2. The molecule has 0 spiro atoms. The molecule has 40 heavy (non-hydrogen) atoms. The van der Waals surface area contributed by atoms with Crippen LogP contribution in [0.15, 0.2) is 78.9 Å². The van der Waals surface area contributed by atoms with Crippen molar-refractivity contribution in [1.29, 1.82) is 0 Å². The fraction of sp³-hybridized carbons (Fsp3) is 0.226. The van der Waals surface area contributed by atoms with Crippen molar-refractivity contribution in [2.45, 2.75) is 13.3 Å². The van der Waals surface area contributed by atoms with Gasteiger partial charge in [0.2, 0.25) is 5.91 Å². The van der Waals surface area contributed by atoms with Crippen molar-refractivity contribution in [3.05, 3.63) is 107 Å². The first-order valence-electron chi connectivity index (χ1n) is 12.7. The molecule has 7 nitrogen and oxygen atoms in total. The molecule has 2 amide bonds. The molecule has 0 radical (unpaired) electrons. The normalized spacial score (nSPS) is 11.7. The van der Waals surface area contributed by atoms with Gasteiger partial charge in [-0.1, -0.05) is 37.3 Å². The molecule has 3 aromatic rings. The van der Waals surface area contributed by atoms with E-state index < -0.39 is 17.7 Å². The van der Waals surface area contributed by atoms with E-state index in [2.05, 4.69) is 0 Å². The van der Waals surface area contributed by atoms with Crippen LogP contribution >= 0.6 is 0 Å². The lowest BCUT2D eigenvalue weighted by Crippen LogP contribution is -2.33. The van der Waals surface area contributed by atoms with E-state index in [-0.39, 0.29) is 31.4 Å². The molecule has 0 aliphatic carbocycles. The van der Waals surface area contributed by atoms with Gasteiger partial charge < -0.3 is 24.7 Å². The zero-order valence-corrected chi connectivity index (χ0v) is 22.6. The van der Waals surface area contributed by atoms with Crippen LogP contribution < -0.4 is 4.74 Å². The fourth-order valence-corrected chi connectivity index (χ4v) is 4.08. The number of nitrogens with zero attached hydrogens (tertiary/aromatic N) is 2. The molecule has 0 bridgehead atoms. The number of amides is 2. The summed E-state index contributed by atoms with van der Waals surface area (Å²) >= 11 is 0. The van der Waals surface area contributed by atoms with Crippen molar-refractivity contribution in [3.8, 4) is 11.5 Å². The average Bonchev–Trinajstić information content (AvgIpc) is 2.91. The van der Waals surface area contributed by atoms with Crippen molar-refractivity contribution in [3.63, 3.8) is 0 Å². The Bertz CT molecular complexity index is 1360. The molecule has 0 aliphatic heterocycles. The number of aromatic hydroxyl groups is 1. The first-order chi connectivity index (χ1) is 19.1. The number of halogens is 2. The second-order valence-corrected chi connectivity index (χ2v) is 9.15. The van der Waals surface area contributed by atoms with E-state index in [1.807, 2.05) is 19.1 Å². The van der Waals surface area contributed by atoms with Crippen LogP contribution in [0, 0.1) is 11.6 Å². The number of hydrogen-bond acceptors (Lipinski definition) is 4. The van der Waals surface area contributed by atoms with Crippen LogP contribution in [0.4, 0.5) is 13.6 Å². The zero-order chi connectivity index (χ0) is 29.2. The van der Waals surface area contributed by atoms with Crippen LogP contribution in [0.2, 0.25) is 0 Å². The summed E-state index contributed by atoms with van der Waals surface area (Å²) in [6, 6.07) is 17.1. The molecule has 0 fully saturated rings. The van der Waals surface area contributed by atoms with E-state index in [4.69, 9.17) is 4.74 Å². The molecule has 0 aromatic heterocycles. The molecule has 3 rings (SSSR count). The molecule has 210 valence electrons. The van der Waals surface area contributed by atoms with E-state index in [0.717, 1.165) is 33.2 Å². The summed E-state index contributed by atoms with van der Waals surface area (Å²) in [6.45, 7) is 2.11. The number of phenolic OH excluding ortho intramolecular Hbond substituents is 1. The van der Waals surface area contributed by atoms with Gasteiger partial charge in [-0.25, -0.2) is 13.6 Å². The van der Waals surface area contributed by atoms with Crippen LogP contribution in [0.1, 0.15) is 30.0 Å². The highest BCUT2D eigenvalue weighted by Crippen LogP contribution is 2.36. The number of carbonyl (C=O) groups excluding carboxylic acids is 1. The third-order valence-electron chi connectivity index (χ3n) is 6.09. The minimum atomic E-state index is -1.13. The third-order valence-corrected chi connectivity index (χ3v) is 6.09. The van der Waals surface area contributed by atoms with Crippen LogP contribution in [-0.2, 0) is 4.79 Å². The van der Waals surface area contributed by atoms with Crippen molar-refractivity contribution in [2.75, 3.05) is 33.8 Å². The highest BCUT2D eigenvalue weighted by molar-refractivity contribution is 5.98. The van der Waals surface area contributed by atoms with Crippen molar-refractivity contribution < 1.29 is 33.3 Å². The quantitative estimate of drug-likeness (QED) is 0.224. The summed E-state index contributed by atoms with van der Waals surface area (Å²) in [7, 11) is 3.21. The average molecular weight is 551 g/mol. The van der Waals surface area contributed by atoms with Gasteiger partial charge in [0, 0.05) is 32.8 Å². The van der Waals surface area contributed by atoms with Gasteiger partial charge >= 0.3 is 6.09 Å². The highest BCUT2D eigenvalue weighted by Gasteiger charge is 2.16. The summed E-state index contributed by atoms with van der Waals surface area (Å²) in [6.07, 6.45) is 2.15. The van der Waals surface area contributed by atoms with Crippen LogP contribution in [0.5, 0.6) is 11.5 Å². The second kappa shape index (κ2) is 13.9. The van der Waals surface area contributed by atoms with Gasteiger partial charge in [0.15, 0.2) is 0 Å². The minimum Gasteiger partial charge on any atom is -0.508 e. The Morgan fingerprint density at radius 3 is 2.00 bits per heavy atom. The van der Waals surface area contributed by atoms with Crippen LogP contribution in [-0.4, -0.2) is 65.8 Å². The maximum absolute atomic E-state index is 14.1. The van der Waals surface area contributed by atoms with Gasteiger partial charge in [0.05, 0.1) is 6.54 Å². The van der Waals surface area contributed by atoms with Gasteiger partial charge in [-0.15, -0.1) is 0 Å². The highest BCUT2D eigenvalue weighted by atomic mass is 19.1. The molecular formula is C31H32F2N2O5. The smallest absolute Gasteiger partial charge is 0.407 e. The monoisotopic (exact) mass is 550 g/mol. The van der Waals surface area contributed by atoms with E-state index in [1.54, 1.807) is 50.5 Å². The predicted molar refractivity (Wildman–Crippen MR) is 150 cm³/mol. The van der Waals surface area contributed by atoms with Crippen molar-refractivity contribution >= 4 is 23.1 Å². The standard InChI is InChI=1S/C31H32F2N2O5/c1-4-28(23-18-24(32)20-25(33)19-23)30(21-7-11-26(36)12-8-21)22-9-13-27(14-10-22)40-17-16-35(31(38)39)15-5-6-29(37)34(2)3/h5-14,18-20,36H,4,15-17H2,1-3H3,(H,38,39).